The summed E-state index contributed by atoms with van der Waals surface area (Å²) in [6.45, 7) is 6.20. The molecule has 0 radical (unpaired) electrons. The van der Waals surface area contributed by atoms with E-state index in [0.717, 1.165) is 41.1 Å². The summed E-state index contributed by atoms with van der Waals surface area (Å²) in [7, 11) is 0. The third-order valence-electron chi connectivity index (χ3n) is 4.56. The molecule has 1 atom stereocenters. The highest BCUT2D eigenvalue weighted by molar-refractivity contribution is 5.86. The first kappa shape index (κ1) is 15.1. The van der Waals surface area contributed by atoms with Crippen LogP contribution in [0.4, 0.5) is 4.39 Å². The molecule has 0 aliphatic carbocycles. The van der Waals surface area contributed by atoms with Crippen molar-refractivity contribution >= 4 is 11.0 Å². The van der Waals surface area contributed by atoms with Gasteiger partial charge in [0, 0.05) is 18.0 Å². The zero-order valence-electron chi connectivity index (χ0n) is 13.8. The smallest absolute Gasteiger partial charge is 0.147 e. The van der Waals surface area contributed by atoms with Crippen LogP contribution < -0.4 is 4.74 Å². The zero-order valence-corrected chi connectivity index (χ0v) is 13.8. The summed E-state index contributed by atoms with van der Waals surface area (Å²) in [6, 6.07) is 8.25. The molecule has 0 saturated carbocycles. The van der Waals surface area contributed by atoms with Crippen LogP contribution in [0.1, 0.15) is 16.8 Å². The van der Waals surface area contributed by atoms with Crippen molar-refractivity contribution in [2.75, 3.05) is 6.61 Å². The quantitative estimate of drug-likeness (QED) is 0.670. The van der Waals surface area contributed by atoms with Crippen molar-refractivity contribution in [3.05, 3.63) is 59.2 Å². The number of halogens is 1. The fourth-order valence-corrected chi connectivity index (χ4v) is 2.98. The van der Waals surface area contributed by atoms with Crippen molar-refractivity contribution in [1.82, 2.24) is 9.55 Å². The summed E-state index contributed by atoms with van der Waals surface area (Å²) in [4.78, 5) is 4.53. The first-order valence-electron chi connectivity index (χ1n) is 8.06. The molecule has 0 amide bonds. The number of hydrogen-bond acceptors (Lipinski definition) is 3. The molecule has 1 aromatic carbocycles. The third-order valence-corrected chi connectivity index (χ3v) is 4.56. The van der Waals surface area contributed by atoms with Crippen LogP contribution in [0, 0.1) is 19.7 Å². The van der Waals surface area contributed by atoms with Gasteiger partial charge in [0.2, 0.25) is 0 Å². The van der Waals surface area contributed by atoms with Gasteiger partial charge in [-0.2, -0.15) is 0 Å². The summed E-state index contributed by atoms with van der Waals surface area (Å²) in [6.07, 6.45) is 2.05. The standard InChI is InChI=1S/C19H19FN2O2/c1-12-13(2)22(9-16-11-23-16)19-17(7-8-21-18(12)19)24-10-14-3-5-15(20)6-4-14/h3-8,16H,9-11H2,1-2H3. The summed E-state index contributed by atoms with van der Waals surface area (Å²) in [5.41, 5.74) is 5.25. The van der Waals surface area contributed by atoms with Crippen molar-refractivity contribution in [2.45, 2.75) is 33.1 Å². The maximum atomic E-state index is 13.0. The first-order chi connectivity index (χ1) is 11.6. The van der Waals surface area contributed by atoms with Gasteiger partial charge in [0.1, 0.15) is 23.7 Å². The van der Waals surface area contributed by atoms with E-state index < -0.39 is 0 Å². The summed E-state index contributed by atoms with van der Waals surface area (Å²) >= 11 is 0. The maximum Gasteiger partial charge on any atom is 0.147 e. The van der Waals surface area contributed by atoms with Crippen LogP contribution in [-0.4, -0.2) is 22.3 Å². The minimum atomic E-state index is -0.241. The number of hydrogen-bond donors (Lipinski definition) is 0. The molecule has 0 bridgehead atoms. The topological polar surface area (TPSA) is 39.6 Å². The second-order valence-corrected chi connectivity index (χ2v) is 6.20. The van der Waals surface area contributed by atoms with E-state index >= 15 is 0 Å². The number of aromatic nitrogens is 2. The fourth-order valence-electron chi connectivity index (χ4n) is 2.98. The number of nitrogens with zero attached hydrogens (tertiary/aromatic N) is 2. The number of pyridine rings is 1. The SMILES string of the molecule is Cc1c(C)n(CC2CO2)c2c(OCc3ccc(F)cc3)ccnc12. The van der Waals surface area contributed by atoms with Crippen molar-refractivity contribution < 1.29 is 13.9 Å². The lowest BCUT2D eigenvalue weighted by Gasteiger charge is -2.11. The third kappa shape index (κ3) is 2.76. The molecule has 3 heterocycles. The first-order valence-corrected chi connectivity index (χ1v) is 8.06. The Kier molecular flexibility index (Phi) is 3.73. The lowest BCUT2D eigenvalue weighted by Crippen LogP contribution is -2.07. The Hall–Kier alpha value is -2.40. The normalized spacial score (nSPS) is 16.5. The van der Waals surface area contributed by atoms with Gasteiger partial charge in [0.25, 0.3) is 0 Å². The van der Waals surface area contributed by atoms with Gasteiger partial charge in [0.15, 0.2) is 0 Å². The molecule has 3 aromatic rings. The van der Waals surface area contributed by atoms with Crippen LogP contribution in [0.2, 0.25) is 0 Å². The molecular weight excluding hydrogens is 307 g/mol. The lowest BCUT2D eigenvalue weighted by atomic mass is 10.2. The van der Waals surface area contributed by atoms with Crippen LogP contribution in [0.25, 0.3) is 11.0 Å². The zero-order chi connectivity index (χ0) is 16.7. The minimum Gasteiger partial charge on any atom is -0.487 e. The van der Waals surface area contributed by atoms with E-state index in [0.29, 0.717) is 6.61 Å². The lowest BCUT2D eigenvalue weighted by molar-refractivity contribution is 0.307. The second-order valence-electron chi connectivity index (χ2n) is 6.20. The van der Waals surface area contributed by atoms with Crippen molar-refractivity contribution in [2.24, 2.45) is 0 Å². The van der Waals surface area contributed by atoms with E-state index in [1.807, 2.05) is 6.07 Å². The molecule has 1 unspecified atom stereocenters. The van der Waals surface area contributed by atoms with Gasteiger partial charge >= 0.3 is 0 Å². The summed E-state index contributed by atoms with van der Waals surface area (Å²) in [5.74, 6) is 0.552. The molecule has 24 heavy (non-hydrogen) atoms. The summed E-state index contributed by atoms with van der Waals surface area (Å²) < 4.78 is 26.7. The van der Waals surface area contributed by atoms with E-state index in [1.165, 1.54) is 17.8 Å². The minimum absolute atomic E-state index is 0.241. The van der Waals surface area contributed by atoms with Crippen LogP contribution in [0.15, 0.2) is 36.5 Å². The molecule has 0 N–H and O–H groups in total. The number of benzene rings is 1. The Morgan fingerprint density at radius 1 is 1.25 bits per heavy atom. The van der Waals surface area contributed by atoms with Crippen LogP contribution in [-0.2, 0) is 17.9 Å². The van der Waals surface area contributed by atoms with Crippen molar-refractivity contribution in [3.63, 3.8) is 0 Å². The Bertz CT molecular complexity index is 883. The predicted molar refractivity (Wildman–Crippen MR) is 89.7 cm³/mol. The number of rotatable bonds is 5. The number of epoxide rings is 1. The van der Waals surface area contributed by atoms with Gasteiger partial charge in [0.05, 0.1) is 24.8 Å². The molecule has 1 aliphatic rings. The Labute approximate surface area is 139 Å². The van der Waals surface area contributed by atoms with Gasteiger partial charge in [-0.05, 0) is 37.1 Å². The molecule has 2 aromatic heterocycles. The molecule has 4 rings (SSSR count). The van der Waals surface area contributed by atoms with Gasteiger partial charge in [-0.15, -0.1) is 0 Å². The molecule has 0 spiro atoms. The van der Waals surface area contributed by atoms with Crippen LogP contribution in [0.5, 0.6) is 5.75 Å². The largest absolute Gasteiger partial charge is 0.487 e. The van der Waals surface area contributed by atoms with Gasteiger partial charge in [-0.25, -0.2) is 4.39 Å². The van der Waals surface area contributed by atoms with Gasteiger partial charge in [-0.3, -0.25) is 4.98 Å². The molecular formula is C19H19FN2O2. The van der Waals surface area contributed by atoms with E-state index in [-0.39, 0.29) is 11.9 Å². The number of fused-ring (bicyclic) bond motifs is 1. The van der Waals surface area contributed by atoms with E-state index in [4.69, 9.17) is 9.47 Å². The number of aryl methyl sites for hydroxylation is 1. The monoisotopic (exact) mass is 326 g/mol. The summed E-state index contributed by atoms with van der Waals surface area (Å²) in [5, 5.41) is 0. The number of ether oxygens (including phenoxy) is 2. The highest BCUT2D eigenvalue weighted by Crippen LogP contribution is 2.32. The predicted octanol–water partition coefficient (Wildman–Crippen LogP) is 3.77. The Morgan fingerprint density at radius 2 is 2.00 bits per heavy atom. The van der Waals surface area contributed by atoms with Gasteiger partial charge < -0.3 is 14.0 Å². The van der Waals surface area contributed by atoms with Crippen LogP contribution in [0.3, 0.4) is 0 Å². The average Bonchev–Trinajstić information content (AvgIpc) is 3.38. The maximum absolute atomic E-state index is 13.0. The molecule has 1 aliphatic heterocycles. The Morgan fingerprint density at radius 3 is 2.71 bits per heavy atom. The van der Waals surface area contributed by atoms with Gasteiger partial charge in [-0.1, -0.05) is 12.1 Å². The molecule has 1 saturated heterocycles. The van der Waals surface area contributed by atoms with Crippen LogP contribution >= 0.6 is 0 Å². The van der Waals surface area contributed by atoms with E-state index in [1.54, 1.807) is 18.3 Å². The fraction of sp³-hybridized carbons (Fsp3) is 0.316. The van der Waals surface area contributed by atoms with E-state index in [2.05, 4.69) is 23.4 Å². The Balaban J connectivity index is 1.69. The highest BCUT2D eigenvalue weighted by Gasteiger charge is 2.26. The average molecular weight is 326 g/mol. The van der Waals surface area contributed by atoms with Crippen molar-refractivity contribution in [3.8, 4) is 5.75 Å². The second kappa shape index (κ2) is 5.91. The molecule has 4 nitrogen and oxygen atoms in total. The highest BCUT2D eigenvalue weighted by atomic mass is 19.1. The molecule has 1 fully saturated rings. The van der Waals surface area contributed by atoms with Crippen molar-refractivity contribution in [1.29, 1.82) is 0 Å². The molecule has 5 heteroatoms. The molecule has 124 valence electrons. The van der Waals surface area contributed by atoms with E-state index in [9.17, 15) is 4.39 Å².